The standard InChI is InChI=1S/C12H20N4OS2/c1-5-6-7(10(13)18)14-11(17)8-9(12(2,3)4)15-16-19-8/h7H,5-6H2,1-4H3,(H2,13,18)(H,14,17). The predicted octanol–water partition coefficient (Wildman–Crippen LogP) is 2.02. The molecular weight excluding hydrogens is 280 g/mol. The van der Waals surface area contributed by atoms with Crippen molar-refractivity contribution in [3.05, 3.63) is 10.6 Å². The van der Waals surface area contributed by atoms with Crippen molar-refractivity contribution in [3.8, 4) is 0 Å². The molecule has 1 aromatic heterocycles. The maximum Gasteiger partial charge on any atom is 0.265 e. The minimum Gasteiger partial charge on any atom is -0.392 e. The van der Waals surface area contributed by atoms with E-state index in [1.165, 1.54) is 0 Å². The van der Waals surface area contributed by atoms with E-state index in [1.54, 1.807) is 0 Å². The normalized spacial score (nSPS) is 13.1. The molecule has 19 heavy (non-hydrogen) atoms. The zero-order valence-electron chi connectivity index (χ0n) is 11.7. The van der Waals surface area contributed by atoms with E-state index < -0.39 is 0 Å². The highest BCUT2D eigenvalue weighted by Gasteiger charge is 2.27. The second-order valence-electron chi connectivity index (χ2n) is 5.42. The number of carbonyl (C=O) groups excluding carboxylic acids is 1. The molecule has 1 unspecified atom stereocenters. The Labute approximate surface area is 123 Å². The van der Waals surface area contributed by atoms with Crippen LogP contribution in [0.15, 0.2) is 0 Å². The van der Waals surface area contributed by atoms with E-state index in [4.69, 9.17) is 18.0 Å². The van der Waals surface area contributed by atoms with Crippen molar-refractivity contribution in [3.63, 3.8) is 0 Å². The van der Waals surface area contributed by atoms with Gasteiger partial charge in [0, 0.05) is 5.41 Å². The number of carbonyl (C=O) groups is 1. The van der Waals surface area contributed by atoms with Crippen LogP contribution in [0, 0.1) is 0 Å². The second kappa shape index (κ2) is 6.38. The summed E-state index contributed by atoms with van der Waals surface area (Å²) in [7, 11) is 0. The number of aromatic nitrogens is 2. The fraction of sp³-hybridized carbons (Fsp3) is 0.667. The first-order valence-corrected chi connectivity index (χ1v) is 7.38. The summed E-state index contributed by atoms with van der Waals surface area (Å²) >= 11 is 6.07. The quantitative estimate of drug-likeness (QED) is 0.813. The van der Waals surface area contributed by atoms with Crippen molar-refractivity contribution in [2.45, 2.75) is 52.0 Å². The molecule has 1 aromatic rings. The SMILES string of the molecule is CCCC(NC(=O)c1snnc1C(C)(C)C)C(N)=S. The summed E-state index contributed by atoms with van der Waals surface area (Å²) < 4.78 is 3.87. The second-order valence-corrected chi connectivity index (χ2v) is 6.64. The van der Waals surface area contributed by atoms with Crippen LogP contribution in [0.5, 0.6) is 0 Å². The average Bonchev–Trinajstić information content (AvgIpc) is 2.76. The van der Waals surface area contributed by atoms with Crippen molar-refractivity contribution in [2.75, 3.05) is 0 Å². The van der Waals surface area contributed by atoms with Crippen molar-refractivity contribution >= 4 is 34.6 Å². The van der Waals surface area contributed by atoms with Crippen molar-refractivity contribution in [2.24, 2.45) is 5.73 Å². The molecule has 0 aromatic carbocycles. The van der Waals surface area contributed by atoms with Gasteiger partial charge >= 0.3 is 0 Å². The zero-order chi connectivity index (χ0) is 14.6. The molecule has 0 radical (unpaired) electrons. The minimum atomic E-state index is -0.276. The lowest BCUT2D eigenvalue weighted by molar-refractivity contribution is 0.0947. The van der Waals surface area contributed by atoms with Gasteiger partial charge in [-0.2, -0.15) is 0 Å². The fourth-order valence-corrected chi connectivity index (χ4v) is 2.58. The van der Waals surface area contributed by atoms with E-state index in [9.17, 15) is 4.79 Å². The molecular formula is C12H20N4OS2. The van der Waals surface area contributed by atoms with Gasteiger partial charge in [0.1, 0.15) is 4.88 Å². The molecule has 5 nitrogen and oxygen atoms in total. The minimum absolute atomic E-state index is 0.203. The topological polar surface area (TPSA) is 80.9 Å². The third kappa shape index (κ3) is 4.21. The lowest BCUT2D eigenvalue weighted by Gasteiger charge is -2.19. The molecule has 7 heteroatoms. The molecule has 0 aliphatic heterocycles. The molecule has 0 spiro atoms. The monoisotopic (exact) mass is 300 g/mol. The van der Waals surface area contributed by atoms with Crippen LogP contribution < -0.4 is 11.1 Å². The van der Waals surface area contributed by atoms with Gasteiger partial charge in [0.2, 0.25) is 0 Å². The molecule has 1 rings (SSSR count). The highest BCUT2D eigenvalue weighted by atomic mass is 32.1. The maximum absolute atomic E-state index is 12.3. The number of rotatable bonds is 5. The van der Waals surface area contributed by atoms with Gasteiger partial charge in [-0.25, -0.2) is 0 Å². The molecule has 1 heterocycles. The Kier molecular flexibility index (Phi) is 5.37. The molecule has 1 atom stereocenters. The third-order valence-electron chi connectivity index (χ3n) is 2.63. The van der Waals surface area contributed by atoms with Crippen LogP contribution in [0.25, 0.3) is 0 Å². The van der Waals surface area contributed by atoms with E-state index >= 15 is 0 Å². The molecule has 106 valence electrons. The van der Waals surface area contributed by atoms with Gasteiger partial charge in [-0.05, 0) is 18.0 Å². The Morgan fingerprint density at radius 3 is 2.63 bits per heavy atom. The number of hydrogen-bond donors (Lipinski definition) is 2. The summed E-state index contributed by atoms with van der Waals surface area (Å²) in [6.07, 6.45) is 1.63. The highest BCUT2D eigenvalue weighted by Crippen LogP contribution is 2.25. The molecule has 1 amide bonds. The van der Waals surface area contributed by atoms with E-state index in [0.717, 1.165) is 24.4 Å². The summed E-state index contributed by atoms with van der Waals surface area (Å²) in [5.74, 6) is -0.203. The first kappa shape index (κ1) is 16.0. The maximum atomic E-state index is 12.3. The number of nitrogens with one attached hydrogen (secondary N) is 1. The van der Waals surface area contributed by atoms with E-state index in [1.807, 2.05) is 27.7 Å². The first-order chi connectivity index (χ1) is 8.77. The van der Waals surface area contributed by atoms with E-state index in [2.05, 4.69) is 14.9 Å². The van der Waals surface area contributed by atoms with Gasteiger partial charge in [0.25, 0.3) is 5.91 Å². The lowest BCUT2D eigenvalue weighted by atomic mass is 9.91. The Balaban J connectivity index is 2.89. The van der Waals surface area contributed by atoms with Gasteiger partial charge in [0.05, 0.1) is 16.7 Å². The van der Waals surface area contributed by atoms with Crippen molar-refractivity contribution < 1.29 is 4.79 Å². The number of thiocarbonyl (C=S) groups is 1. The van der Waals surface area contributed by atoms with Crippen molar-refractivity contribution in [1.82, 2.24) is 14.9 Å². The zero-order valence-corrected chi connectivity index (χ0v) is 13.3. The van der Waals surface area contributed by atoms with Crippen LogP contribution in [-0.2, 0) is 5.41 Å². The molecule has 0 aliphatic carbocycles. The average molecular weight is 300 g/mol. The highest BCUT2D eigenvalue weighted by molar-refractivity contribution is 7.80. The van der Waals surface area contributed by atoms with Crippen LogP contribution in [0.3, 0.4) is 0 Å². The summed E-state index contributed by atoms with van der Waals surface area (Å²) in [4.78, 5) is 13.1. The van der Waals surface area contributed by atoms with E-state index in [-0.39, 0.29) is 17.4 Å². The molecule has 0 aliphatic rings. The Hall–Kier alpha value is -1.08. The smallest absolute Gasteiger partial charge is 0.265 e. The third-order valence-corrected chi connectivity index (χ3v) is 3.64. The summed E-state index contributed by atoms with van der Waals surface area (Å²) in [5, 5.41) is 6.91. The molecule has 3 N–H and O–H groups in total. The lowest BCUT2D eigenvalue weighted by Crippen LogP contribution is -2.43. The van der Waals surface area contributed by atoms with Gasteiger partial charge in [-0.1, -0.05) is 50.8 Å². The van der Waals surface area contributed by atoms with Crippen LogP contribution >= 0.6 is 23.8 Å². The van der Waals surface area contributed by atoms with Gasteiger partial charge < -0.3 is 11.1 Å². The van der Waals surface area contributed by atoms with Crippen molar-refractivity contribution in [1.29, 1.82) is 0 Å². The van der Waals surface area contributed by atoms with E-state index in [0.29, 0.717) is 15.6 Å². The first-order valence-electron chi connectivity index (χ1n) is 6.20. The fourth-order valence-electron chi connectivity index (χ4n) is 1.63. The summed E-state index contributed by atoms with van der Waals surface area (Å²) in [6.45, 7) is 8.01. The summed E-state index contributed by atoms with van der Waals surface area (Å²) in [6, 6.07) is -0.276. The Morgan fingerprint density at radius 1 is 1.53 bits per heavy atom. The Morgan fingerprint density at radius 2 is 2.16 bits per heavy atom. The number of nitrogens with two attached hydrogens (primary N) is 1. The number of hydrogen-bond acceptors (Lipinski definition) is 5. The van der Waals surface area contributed by atoms with Crippen LogP contribution in [0.4, 0.5) is 0 Å². The molecule has 0 bridgehead atoms. The largest absolute Gasteiger partial charge is 0.392 e. The van der Waals surface area contributed by atoms with Crippen LogP contribution in [-0.4, -0.2) is 26.5 Å². The molecule has 0 saturated carbocycles. The van der Waals surface area contributed by atoms with Gasteiger partial charge in [0.15, 0.2) is 0 Å². The number of amides is 1. The number of nitrogens with zero attached hydrogens (tertiary/aromatic N) is 2. The molecule has 0 fully saturated rings. The van der Waals surface area contributed by atoms with Crippen LogP contribution in [0.1, 0.15) is 55.9 Å². The molecule has 0 saturated heterocycles. The summed E-state index contributed by atoms with van der Waals surface area (Å²) in [5.41, 5.74) is 6.12. The van der Waals surface area contributed by atoms with Gasteiger partial charge in [-0.15, -0.1) is 5.10 Å². The van der Waals surface area contributed by atoms with Crippen LogP contribution in [0.2, 0.25) is 0 Å². The predicted molar refractivity (Wildman–Crippen MR) is 81.6 cm³/mol. The Bertz CT molecular complexity index is 465. The van der Waals surface area contributed by atoms with Gasteiger partial charge in [-0.3, -0.25) is 4.79 Å².